The average Bonchev–Trinajstić information content (AvgIpc) is 3.17. The summed E-state index contributed by atoms with van der Waals surface area (Å²) >= 11 is 0. The minimum absolute atomic E-state index is 0.0478. The Hall–Kier alpha value is -4.59. The van der Waals surface area contributed by atoms with Crippen molar-refractivity contribution in [1.29, 1.82) is 0 Å². The predicted octanol–water partition coefficient (Wildman–Crippen LogP) is 4.42. The van der Waals surface area contributed by atoms with Crippen LogP contribution < -0.4 is 9.47 Å². The number of aryl methyl sites for hydroxylation is 1. The van der Waals surface area contributed by atoms with Gasteiger partial charge in [0.15, 0.2) is 0 Å². The number of likely N-dealkylation sites (tertiary alicyclic amines) is 1. The van der Waals surface area contributed by atoms with Crippen LogP contribution in [0.15, 0.2) is 72.3 Å². The fourth-order valence-corrected chi connectivity index (χ4v) is 4.41. The quantitative estimate of drug-likeness (QED) is 0.221. The lowest BCUT2D eigenvalue weighted by molar-refractivity contribution is -0.140. The van der Waals surface area contributed by atoms with Crippen molar-refractivity contribution < 1.29 is 33.7 Å². The van der Waals surface area contributed by atoms with E-state index in [9.17, 15) is 19.5 Å². The van der Waals surface area contributed by atoms with Gasteiger partial charge < -0.3 is 24.2 Å². The molecule has 4 rings (SSSR count). The number of carbonyl (C=O) groups excluding carboxylic acids is 3. The van der Waals surface area contributed by atoms with E-state index in [1.807, 2.05) is 13.0 Å². The first kappa shape index (κ1) is 25.5. The number of rotatable bonds is 7. The molecule has 8 nitrogen and oxygen atoms in total. The maximum absolute atomic E-state index is 13.4. The zero-order valence-electron chi connectivity index (χ0n) is 21.0. The molecule has 1 saturated heterocycles. The molecule has 0 aliphatic carbocycles. The second-order valence-corrected chi connectivity index (χ2v) is 8.60. The highest BCUT2D eigenvalue weighted by Gasteiger charge is 2.46. The molecule has 0 bridgehead atoms. The smallest absolute Gasteiger partial charge is 0.337 e. The maximum atomic E-state index is 13.4. The Balaban J connectivity index is 1.86. The van der Waals surface area contributed by atoms with Crippen molar-refractivity contribution >= 4 is 23.4 Å². The van der Waals surface area contributed by atoms with Crippen LogP contribution in [0.3, 0.4) is 0 Å². The van der Waals surface area contributed by atoms with Crippen molar-refractivity contribution in [3.63, 3.8) is 0 Å². The van der Waals surface area contributed by atoms with Crippen molar-refractivity contribution in [3.05, 3.63) is 100 Å². The third kappa shape index (κ3) is 4.91. The van der Waals surface area contributed by atoms with Gasteiger partial charge in [0, 0.05) is 6.54 Å². The highest BCUT2D eigenvalue weighted by Crippen LogP contribution is 2.42. The summed E-state index contributed by atoms with van der Waals surface area (Å²) in [6.45, 7) is 1.92. The third-order valence-corrected chi connectivity index (χ3v) is 6.29. The highest BCUT2D eigenvalue weighted by atomic mass is 16.5. The van der Waals surface area contributed by atoms with E-state index in [2.05, 4.69) is 0 Å². The fraction of sp³-hybridized carbons (Fsp3) is 0.207. The molecule has 1 unspecified atom stereocenters. The molecule has 0 aromatic heterocycles. The topological polar surface area (TPSA) is 102 Å². The molecule has 1 aliphatic heterocycles. The second kappa shape index (κ2) is 10.6. The Morgan fingerprint density at radius 1 is 0.946 bits per heavy atom. The molecule has 1 aliphatic rings. The number of hydrogen-bond acceptors (Lipinski definition) is 7. The molecule has 1 atom stereocenters. The van der Waals surface area contributed by atoms with E-state index in [0.29, 0.717) is 33.8 Å². The van der Waals surface area contributed by atoms with Crippen LogP contribution in [0.25, 0.3) is 5.76 Å². The number of aliphatic hydroxyl groups excluding tert-OH is 1. The SMILES string of the molecule is COC(=O)c1ccc(CN2C(=O)C(=O)/C(=C(/O)c3cc(C)ccc3OC)C2c2cccc(OC)c2)cc1. The van der Waals surface area contributed by atoms with Gasteiger partial charge in [-0.2, -0.15) is 0 Å². The van der Waals surface area contributed by atoms with E-state index in [-0.39, 0.29) is 17.9 Å². The first-order valence-corrected chi connectivity index (χ1v) is 11.5. The van der Waals surface area contributed by atoms with E-state index < -0.39 is 23.7 Å². The van der Waals surface area contributed by atoms with Gasteiger partial charge in [-0.1, -0.05) is 35.9 Å². The lowest BCUT2D eigenvalue weighted by Gasteiger charge is -2.26. The van der Waals surface area contributed by atoms with Gasteiger partial charge in [-0.3, -0.25) is 9.59 Å². The standard InChI is InChI=1S/C29H27NO7/c1-17-8-13-23(36-3)22(14-17)26(31)24-25(20-6-5-7-21(15-20)35-2)30(28(33)27(24)32)16-18-9-11-19(12-10-18)29(34)37-4/h5-15,25,31H,16H2,1-4H3/b26-24+. The fourth-order valence-electron chi connectivity index (χ4n) is 4.41. The zero-order valence-corrected chi connectivity index (χ0v) is 21.0. The van der Waals surface area contributed by atoms with Crippen molar-refractivity contribution in [2.45, 2.75) is 19.5 Å². The Kier molecular flexibility index (Phi) is 7.29. The first-order valence-electron chi connectivity index (χ1n) is 11.5. The molecule has 3 aromatic rings. The van der Waals surface area contributed by atoms with Gasteiger partial charge in [-0.25, -0.2) is 4.79 Å². The summed E-state index contributed by atoms with van der Waals surface area (Å²) in [5.74, 6) is -1.44. The molecule has 0 radical (unpaired) electrons. The van der Waals surface area contributed by atoms with Crippen molar-refractivity contribution in [1.82, 2.24) is 4.90 Å². The van der Waals surface area contributed by atoms with Crippen LogP contribution in [-0.2, 0) is 20.9 Å². The summed E-state index contributed by atoms with van der Waals surface area (Å²) in [7, 11) is 4.29. The van der Waals surface area contributed by atoms with Crippen molar-refractivity contribution in [2.24, 2.45) is 0 Å². The molecule has 190 valence electrons. The molecule has 1 heterocycles. The molecule has 37 heavy (non-hydrogen) atoms. The molecular formula is C29H27NO7. The number of methoxy groups -OCH3 is 3. The number of nitrogens with zero attached hydrogens (tertiary/aromatic N) is 1. The van der Waals surface area contributed by atoms with Crippen LogP contribution in [0.5, 0.6) is 11.5 Å². The number of hydrogen-bond donors (Lipinski definition) is 1. The molecule has 1 fully saturated rings. The summed E-state index contributed by atoms with van der Waals surface area (Å²) in [4.78, 5) is 39.9. The van der Waals surface area contributed by atoms with Crippen LogP contribution in [0.2, 0.25) is 0 Å². The number of esters is 1. The van der Waals surface area contributed by atoms with E-state index in [0.717, 1.165) is 5.56 Å². The largest absolute Gasteiger partial charge is 0.507 e. The Morgan fingerprint density at radius 2 is 1.68 bits per heavy atom. The summed E-state index contributed by atoms with van der Waals surface area (Å²) in [6, 6.07) is 17.9. The monoisotopic (exact) mass is 501 g/mol. The zero-order chi connectivity index (χ0) is 26.7. The van der Waals surface area contributed by atoms with Crippen molar-refractivity contribution in [3.8, 4) is 11.5 Å². The normalized spacial score (nSPS) is 16.5. The molecule has 3 aromatic carbocycles. The molecule has 1 amide bonds. The van der Waals surface area contributed by atoms with Crippen LogP contribution in [0.1, 0.15) is 38.7 Å². The first-order chi connectivity index (χ1) is 17.8. The van der Waals surface area contributed by atoms with E-state index >= 15 is 0 Å². The predicted molar refractivity (Wildman–Crippen MR) is 136 cm³/mol. The van der Waals surface area contributed by atoms with Gasteiger partial charge in [0.2, 0.25) is 0 Å². The minimum Gasteiger partial charge on any atom is -0.507 e. The van der Waals surface area contributed by atoms with Gasteiger partial charge in [0.05, 0.1) is 44.1 Å². The molecule has 1 N–H and O–H groups in total. The number of amides is 1. The number of benzene rings is 3. The second-order valence-electron chi connectivity index (χ2n) is 8.60. The van der Waals surface area contributed by atoms with Crippen LogP contribution in [0.4, 0.5) is 0 Å². The molecule has 0 saturated carbocycles. The van der Waals surface area contributed by atoms with Crippen LogP contribution in [-0.4, -0.2) is 49.0 Å². The van der Waals surface area contributed by atoms with E-state index in [1.165, 1.54) is 26.2 Å². The molecule has 0 spiro atoms. The highest BCUT2D eigenvalue weighted by molar-refractivity contribution is 6.46. The Labute approximate surface area is 214 Å². The van der Waals surface area contributed by atoms with Gasteiger partial charge in [-0.05, 0) is 54.4 Å². The Morgan fingerprint density at radius 3 is 2.32 bits per heavy atom. The number of carbonyl (C=O) groups is 3. The number of aliphatic hydroxyl groups is 1. The number of Topliss-reactive ketones (excluding diaryl/α,β-unsaturated/α-hetero) is 1. The van der Waals surface area contributed by atoms with Gasteiger partial charge in [0.25, 0.3) is 11.7 Å². The number of ketones is 1. The van der Waals surface area contributed by atoms with Crippen LogP contribution in [0, 0.1) is 6.92 Å². The van der Waals surface area contributed by atoms with Gasteiger partial charge in [-0.15, -0.1) is 0 Å². The van der Waals surface area contributed by atoms with Gasteiger partial charge >= 0.3 is 5.97 Å². The summed E-state index contributed by atoms with van der Waals surface area (Å²) in [6.07, 6.45) is 0. The van der Waals surface area contributed by atoms with E-state index in [4.69, 9.17) is 14.2 Å². The van der Waals surface area contributed by atoms with Crippen LogP contribution >= 0.6 is 0 Å². The average molecular weight is 502 g/mol. The van der Waals surface area contributed by atoms with E-state index in [1.54, 1.807) is 60.7 Å². The molecule has 8 heteroatoms. The minimum atomic E-state index is -0.888. The number of ether oxygens (including phenoxy) is 3. The molecular weight excluding hydrogens is 474 g/mol. The summed E-state index contributed by atoms with van der Waals surface area (Å²) in [5, 5.41) is 11.4. The van der Waals surface area contributed by atoms with Gasteiger partial charge in [0.1, 0.15) is 17.3 Å². The maximum Gasteiger partial charge on any atom is 0.337 e. The Bertz CT molecular complexity index is 1390. The summed E-state index contributed by atoms with van der Waals surface area (Å²) in [5.41, 5.74) is 2.77. The summed E-state index contributed by atoms with van der Waals surface area (Å²) < 4.78 is 15.5. The third-order valence-electron chi connectivity index (χ3n) is 6.29. The van der Waals surface area contributed by atoms with Crippen molar-refractivity contribution in [2.75, 3.05) is 21.3 Å². The lowest BCUT2D eigenvalue weighted by Crippen LogP contribution is -2.29. The lowest BCUT2D eigenvalue weighted by atomic mass is 9.94.